The zero-order valence-corrected chi connectivity index (χ0v) is 10.6. The fraction of sp³-hybridized carbons (Fsp3) is 0.538. The van der Waals surface area contributed by atoms with Crippen LogP contribution in [0.4, 0.5) is 0 Å². The molecule has 5 nitrogen and oxygen atoms in total. The van der Waals surface area contributed by atoms with Crippen LogP contribution in [0.15, 0.2) is 22.9 Å². The molecule has 0 radical (unpaired) electrons. The highest BCUT2D eigenvalue weighted by Crippen LogP contribution is 2.19. The molecular formula is C13H18N4O. The van der Waals surface area contributed by atoms with Crippen molar-refractivity contribution in [2.45, 2.75) is 19.3 Å². The van der Waals surface area contributed by atoms with Gasteiger partial charge in [0.05, 0.1) is 0 Å². The second-order valence-corrected chi connectivity index (χ2v) is 4.94. The van der Waals surface area contributed by atoms with Gasteiger partial charge in [-0.05, 0) is 44.0 Å². The van der Waals surface area contributed by atoms with Crippen molar-refractivity contribution in [1.82, 2.24) is 20.0 Å². The highest BCUT2D eigenvalue weighted by atomic mass is 16.5. The van der Waals surface area contributed by atoms with Gasteiger partial charge in [0.1, 0.15) is 5.69 Å². The first-order valence-electron chi connectivity index (χ1n) is 6.48. The predicted octanol–water partition coefficient (Wildman–Crippen LogP) is 1.62. The van der Waals surface area contributed by atoms with Gasteiger partial charge in [0.15, 0.2) is 5.82 Å². The van der Waals surface area contributed by atoms with Crippen LogP contribution in [-0.4, -0.2) is 27.8 Å². The van der Waals surface area contributed by atoms with Crippen molar-refractivity contribution in [2.75, 3.05) is 13.1 Å². The van der Waals surface area contributed by atoms with E-state index in [1.165, 1.54) is 12.8 Å². The van der Waals surface area contributed by atoms with E-state index in [-0.39, 0.29) is 0 Å². The Labute approximate surface area is 106 Å². The Kier molecular flexibility index (Phi) is 3.15. The molecule has 0 aliphatic carbocycles. The molecule has 0 unspecified atom stereocenters. The summed E-state index contributed by atoms with van der Waals surface area (Å²) in [7, 11) is 1.98. The largest absolute Gasteiger partial charge is 0.347 e. The molecule has 1 fully saturated rings. The molecule has 1 N–H and O–H groups in total. The standard InChI is InChI=1S/C13H18N4O/c1-17-7-3-5-11(17)13-15-12(16-18-13)8-10-4-2-6-14-9-10/h3,5,7,10,14H,2,4,6,8-9H2,1H3/t10-/m1/s1. The van der Waals surface area contributed by atoms with Gasteiger partial charge >= 0.3 is 0 Å². The first-order valence-corrected chi connectivity index (χ1v) is 6.48. The van der Waals surface area contributed by atoms with Gasteiger partial charge in [-0.25, -0.2) is 0 Å². The topological polar surface area (TPSA) is 55.9 Å². The van der Waals surface area contributed by atoms with E-state index in [2.05, 4.69) is 15.5 Å². The number of hydrogen-bond acceptors (Lipinski definition) is 4. The molecule has 18 heavy (non-hydrogen) atoms. The van der Waals surface area contributed by atoms with E-state index in [0.29, 0.717) is 11.8 Å². The van der Waals surface area contributed by atoms with Crippen molar-refractivity contribution in [2.24, 2.45) is 13.0 Å². The first-order chi connectivity index (χ1) is 8.83. The summed E-state index contributed by atoms with van der Waals surface area (Å²) in [6, 6.07) is 3.96. The normalized spacial score (nSPS) is 20.2. The van der Waals surface area contributed by atoms with Gasteiger partial charge in [-0.3, -0.25) is 0 Å². The Hall–Kier alpha value is -1.62. The SMILES string of the molecule is Cn1cccc1-c1nc(C[C@H]2CCCNC2)no1. The maximum atomic E-state index is 5.33. The summed E-state index contributed by atoms with van der Waals surface area (Å²) in [4.78, 5) is 4.48. The summed E-state index contributed by atoms with van der Waals surface area (Å²) in [6.45, 7) is 2.20. The van der Waals surface area contributed by atoms with E-state index in [1.807, 2.05) is 29.9 Å². The van der Waals surface area contributed by atoms with Gasteiger partial charge in [0, 0.05) is 19.7 Å². The van der Waals surface area contributed by atoms with Crippen LogP contribution in [0.3, 0.4) is 0 Å². The van der Waals surface area contributed by atoms with Crippen LogP contribution in [0, 0.1) is 5.92 Å². The molecule has 3 heterocycles. The van der Waals surface area contributed by atoms with Crippen molar-refractivity contribution in [3.8, 4) is 11.6 Å². The summed E-state index contributed by atoms with van der Waals surface area (Å²) in [5.41, 5.74) is 0.968. The summed E-state index contributed by atoms with van der Waals surface area (Å²) >= 11 is 0. The Morgan fingerprint density at radius 2 is 2.50 bits per heavy atom. The average molecular weight is 246 g/mol. The van der Waals surface area contributed by atoms with Crippen molar-refractivity contribution >= 4 is 0 Å². The zero-order valence-electron chi connectivity index (χ0n) is 10.6. The molecule has 0 spiro atoms. The lowest BCUT2D eigenvalue weighted by atomic mass is 9.96. The van der Waals surface area contributed by atoms with Crippen LogP contribution < -0.4 is 5.32 Å². The summed E-state index contributed by atoms with van der Waals surface area (Å²) < 4.78 is 7.31. The van der Waals surface area contributed by atoms with E-state index >= 15 is 0 Å². The monoisotopic (exact) mass is 246 g/mol. The molecule has 2 aromatic heterocycles. The Morgan fingerprint density at radius 3 is 3.22 bits per heavy atom. The van der Waals surface area contributed by atoms with Crippen LogP contribution in [0.2, 0.25) is 0 Å². The number of rotatable bonds is 3. The molecule has 2 aromatic rings. The third kappa shape index (κ3) is 2.31. The van der Waals surface area contributed by atoms with Crippen molar-refractivity contribution in [1.29, 1.82) is 0 Å². The summed E-state index contributed by atoms with van der Waals surface area (Å²) in [5.74, 6) is 2.07. The molecular weight excluding hydrogens is 228 g/mol. The molecule has 0 amide bonds. The zero-order chi connectivity index (χ0) is 12.4. The Morgan fingerprint density at radius 1 is 1.56 bits per heavy atom. The number of nitrogens with zero attached hydrogens (tertiary/aromatic N) is 3. The minimum atomic E-state index is 0.612. The molecule has 5 heteroatoms. The van der Waals surface area contributed by atoms with Crippen molar-refractivity contribution < 1.29 is 4.52 Å². The van der Waals surface area contributed by atoms with Gasteiger partial charge in [-0.15, -0.1) is 0 Å². The van der Waals surface area contributed by atoms with Crippen LogP contribution in [-0.2, 0) is 13.5 Å². The molecule has 1 saturated heterocycles. The Balaban J connectivity index is 1.71. The molecule has 0 bridgehead atoms. The summed E-state index contributed by atoms with van der Waals surface area (Å²) in [5, 5.41) is 7.49. The summed E-state index contributed by atoms with van der Waals surface area (Å²) in [6.07, 6.45) is 5.37. The smallest absolute Gasteiger partial charge is 0.274 e. The number of nitrogens with one attached hydrogen (secondary N) is 1. The second-order valence-electron chi connectivity index (χ2n) is 4.94. The number of aryl methyl sites for hydroxylation is 1. The van der Waals surface area contributed by atoms with Crippen LogP contribution in [0.1, 0.15) is 18.7 Å². The first kappa shape index (κ1) is 11.5. The van der Waals surface area contributed by atoms with Gasteiger partial charge in [0.25, 0.3) is 5.89 Å². The molecule has 1 aliphatic rings. The fourth-order valence-electron chi connectivity index (χ4n) is 2.48. The quantitative estimate of drug-likeness (QED) is 0.894. The van der Waals surface area contributed by atoms with Crippen molar-refractivity contribution in [3.63, 3.8) is 0 Å². The van der Waals surface area contributed by atoms with Crippen LogP contribution in [0.5, 0.6) is 0 Å². The number of piperidine rings is 1. The van der Waals surface area contributed by atoms with Gasteiger partial charge < -0.3 is 14.4 Å². The highest BCUT2D eigenvalue weighted by molar-refractivity contribution is 5.47. The van der Waals surface area contributed by atoms with Gasteiger partial charge in [-0.2, -0.15) is 4.98 Å². The maximum Gasteiger partial charge on any atom is 0.274 e. The van der Waals surface area contributed by atoms with E-state index in [1.54, 1.807) is 0 Å². The molecule has 96 valence electrons. The number of hydrogen-bond donors (Lipinski definition) is 1. The van der Waals surface area contributed by atoms with Crippen molar-refractivity contribution in [3.05, 3.63) is 24.2 Å². The highest BCUT2D eigenvalue weighted by Gasteiger charge is 2.17. The molecule has 0 aromatic carbocycles. The average Bonchev–Trinajstić information content (AvgIpc) is 2.99. The minimum absolute atomic E-state index is 0.612. The molecule has 3 rings (SSSR count). The van der Waals surface area contributed by atoms with E-state index < -0.39 is 0 Å². The maximum absolute atomic E-state index is 5.33. The number of aromatic nitrogens is 3. The molecule has 1 atom stereocenters. The lowest BCUT2D eigenvalue weighted by molar-refractivity contribution is 0.359. The third-order valence-electron chi connectivity index (χ3n) is 3.50. The molecule has 1 aliphatic heterocycles. The minimum Gasteiger partial charge on any atom is -0.347 e. The molecule has 0 saturated carbocycles. The Bertz CT molecular complexity index is 511. The lowest BCUT2D eigenvalue weighted by Gasteiger charge is -2.20. The van der Waals surface area contributed by atoms with Gasteiger partial charge in [0.2, 0.25) is 0 Å². The second kappa shape index (κ2) is 4.94. The van der Waals surface area contributed by atoms with Crippen LogP contribution >= 0.6 is 0 Å². The van der Waals surface area contributed by atoms with Crippen LogP contribution in [0.25, 0.3) is 11.6 Å². The van der Waals surface area contributed by atoms with E-state index in [0.717, 1.165) is 31.0 Å². The van der Waals surface area contributed by atoms with E-state index in [4.69, 9.17) is 4.52 Å². The third-order valence-corrected chi connectivity index (χ3v) is 3.50. The lowest BCUT2D eigenvalue weighted by Crippen LogP contribution is -2.31. The predicted molar refractivity (Wildman–Crippen MR) is 68.0 cm³/mol. The van der Waals surface area contributed by atoms with Gasteiger partial charge in [-0.1, -0.05) is 5.16 Å². The van der Waals surface area contributed by atoms with E-state index in [9.17, 15) is 0 Å². The fourth-order valence-corrected chi connectivity index (χ4v) is 2.48.